The summed E-state index contributed by atoms with van der Waals surface area (Å²) in [6, 6.07) is 3.49. The number of carbonyl (C=O) groups excluding carboxylic acids is 2. The summed E-state index contributed by atoms with van der Waals surface area (Å²) < 4.78 is 34.1. The van der Waals surface area contributed by atoms with E-state index in [9.17, 15) is 18.4 Å². The average molecular weight is 342 g/mol. The first-order valence-corrected chi connectivity index (χ1v) is 7.50. The van der Waals surface area contributed by atoms with Crippen LogP contribution in [0.2, 0.25) is 0 Å². The van der Waals surface area contributed by atoms with E-state index in [1.807, 2.05) is 0 Å². The van der Waals surface area contributed by atoms with Crippen LogP contribution in [-0.4, -0.2) is 62.0 Å². The normalized spacial score (nSPS) is 17.1. The molecule has 0 spiro atoms. The number of nitrogens with zero attached hydrogens (tertiary/aromatic N) is 2. The molecular weight excluding hydrogens is 322 g/mol. The van der Waals surface area contributed by atoms with Crippen molar-refractivity contribution in [3.05, 3.63) is 23.8 Å². The van der Waals surface area contributed by atoms with Crippen LogP contribution in [-0.2, 0) is 4.79 Å². The molecule has 1 aromatic rings. The maximum Gasteiger partial charge on any atom is 0.387 e. The first-order valence-electron chi connectivity index (χ1n) is 7.50. The molecule has 0 aromatic heterocycles. The van der Waals surface area contributed by atoms with E-state index >= 15 is 0 Å². The highest BCUT2D eigenvalue weighted by Gasteiger charge is 2.35. The Balaban J connectivity index is 2.24. The lowest BCUT2D eigenvalue weighted by molar-refractivity contribution is -0.132. The number of likely N-dealkylation sites (tertiary alicyclic amines) is 1. The fourth-order valence-electron chi connectivity index (χ4n) is 2.72. The fraction of sp³-hybridized carbons (Fsp3) is 0.500. The van der Waals surface area contributed by atoms with Crippen LogP contribution in [0.25, 0.3) is 0 Å². The van der Waals surface area contributed by atoms with Crippen molar-refractivity contribution in [1.29, 1.82) is 0 Å². The second-order valence-corrected chi connectivity index (χ2v) is 5.63. The van der Waals surface area contributed by atoms with Gasteiger partial charge in [-0.1, -0.05) is 0 Å². The summed E-state index contributed by atoms with van der Waals surface area (Å²) >= 11 is 0. The van der Waals surface area contributed by atoms with E-state index in [0.29, 0.717) is 13.0 Å². The first kappa shape index (κ1) is 18.0. The summed E-state index contributed by atoms with van der Waals surface area (Å²) in [5, 5.41) is 0. The molecular formula is C16H20F2N2O4. The molecule has 8 heteroatoms. The summed E-state index contributed by atoms with van der Waals surface area (Å²) in [5.74, 6) is -0.581. The standard InChI is InChI=1S/C16H20F2N2O4/c1-19(2)15(22)11-5-4-8-20(11)14(21)10-6-7-12(24-16(17)18)13(9-10)23-3/h6-7,9,11,16H,4-5,8H2,1-3H3. The lowest BCUT2D eigenvalue weighted by Crippen LogP contribution is -2.45. The van der Waals surface area contributed by atoms with Gasteiger partial charge < -0.3 is 19.3 Å². The number of carbonyl (C=O) groups is 2. The molecule has 1 aliphatic heterocycles. The summed E-state index contributed by atoms with van der Waals surface area (Å²) in [5.41, 5.74) is 0.256. The van der Waals surface area contributed by atoms with Crippen LogP contribution in [0.5, 0.6) is 11.5 Å². The van der Waals surface area contributed by atoms with E-state index in [2.05, 4.69) is 4.74 Å². The lowest BCUT2D eigenvalue weighted by atomic mass is 10.1. The van der Waals surface area contributed by atoms with Crippen molar-refractivity contribution in [2.45, 2.75) is 25.5 Å². The maximum atomic E-state index is 12.7. The van der Waals surface area contributed by atoms with Crippen LogP contribution in [0.1, 0.15) is 23.2 Å². The third-order valence-electron chi connectivity index (χ3n) is 3.87. The Morgan fingerprint density at radius 1 is 1.29 bits per heavy atom. The van der Waals surface area contributed by atoms with Gasteiger partial charge in [0.2, 0.25) is 5.91 Å². The Morgan fingerprint density at radius 3 is 2.58 bits per heavy atom. The molecule has 0 aliphatic carbocycles. The van der Waals surface area contributed by atoms with Crippen molar-refractivity contribution in [1.82, 2.24) is 9.80 Å². The molecule has 1 saturated heterocycles. The monoisotopic (exact) mass is 342 g/mol. The maximum absolute atomic E-state index is 12.7. The quantitative estimate of drug-likeness (QED) is 0.821. The van der Waals surface area contributed by atoms with Gasteiger partial charge in [0, 0.05) is 26.2 Å². The van der Waals surface area contributed by atoms with Crippen molar-refractivity contribution in [2.75, 3.05) is 27.7 Å². The van der Waals surface area contributed by atoms with Gasteiger partial charge in [0.1, 0.15) is 6.04 Å². The minimum Gasteiger partial charge on any atom is -0.493 e. The second-order valence-electron chi connectivity index (χ2n) is 5.63. The fourth-order valence-corrected chi connectivity index (χ4v) is 2.72. The van der Waals surface area contributed by atoms with E-state index in [1.54, 1.807) is 14.1 Å². The van der Waals surface area contributed by atoms with Gasteiger partial charge in [0.25, 0.3) is 5.91 Å². The topological polar surface area (TPSA) is 59.1 Å². The van der Waals surface area contributed by atoms with E-state index in [-0.39, 0.29) is 28.9 Å². The van der Waals surface area contributed by atoms with Gasteiger partial charge in [-0.2, -0.15) is 8.78 Å². The summed E-state index contributed by atoms with van der Waals surface area (Å²) in [7, 11) is 4.59. The van der Waals surface area contributed by atoms with Gasteiger partial charge in [-0.15, -0.1) is 0 Å². The first-order chi connectivity index (χ1) is 11.3. The second kappa shape index (κ2) is 7.46. The van der Waals surface area contributed by atoms with Crippen molar-refractivity contribution in [3.8, 4) is 11.5 Å². The van der Waals surface area contributed by atoms with Crippen molar-refractivity contribution in [3.63, 3.8) is 0 Å². The Kier molecular flexibility index (Phi) is 5.58. The van der Waals surface area contributed by atoms with Gasteiger partial charge in [0.15, 0.2) is 11.5 Å². The predicted molar refractivity (Wildman–Crippen MR) is 82.4 cm³/mol. The SMILES string of the molecule is COc1cc(C(=O)N2CCCC2C(=O)N(C)C)ccc1OC(F)F. The van der Waals surface area contributed by atoms with Crippen LogP contribution < -0.4 is 9.47 Å². The Labute approximate surface area is 138 Å². The lowest BCUT2D eigenvalue weighted by Gasteiger charge is -2.26. The summed E-state index contributed by atoms with van der Waals surface area (Å²) in [6.07, 6.45) is 1.34. The average Bonchev–Trinajstić information content (AvgIpc) is 3.02. The highest BCUT2D eigenvalue weighted by molar-refractivity contribution is 5.98. The number of rotatable bonds is 5. The zero-order chi connectivity index (χ0) is 17.9. The number of ether oxygens (including phenoxy) is 2. The van der Waals surface area contributed by atoms with E-state index in [1.165, 1.54) is 35.1 Å². The summed E-state index contributed by atoms with van der Waals surface area (Å²) in [6.45, 7) is -2.51. The predicted octanol–water partition coefficient (Wildman–Crippen LogP) is 1.99. The third-order valence-corrected chi connectivity index (χ3v) is 3.87. The molecule has 1 aromatic carbocycles. The molecule has 6 nitrogen and oxygen atoms in total. The minimum absolute atomic E-state index is 0.0378. The number of likely N-dealkylation sites (N-methyl/N-ethyl adjacent to an activating group) is 1. The molecule has 0 N–H and O–H groups in total. The number of amides is 2. The number of hydrogen-bond acceptors (Lipinski definition) is 4. The molecule has 1 aliphatic rings. The molecule has 1 unspecified atom stereocenters. The number of alkyl halides is 2. The Bertz CT molecular complexity index is 622. The summed E-state index contributed by atoms with van der Waals surface area (Å²) in [4.78, 5) is 27.9. The smallest absolute Gasteiger partial charge is 0.387 e. The van der Waals surface area contributed by atoms with Gasteiger partial charge in [0.05, 0.1) is 7.11 Å². The number of methoxy groups -OCH3 is 1. The van der Waals surface area contributed by atoms with Gasteiger partial charge >= 0.3 is 6.61 Å². The van der Waals surface area contributed by atoms with Gasteiger partial charge in [-0.05, 0) is 31.0 Å². The molecule has 132 valence electrons. The van der Waals surface area contributed by atoms with Crippen molar-refractivity contribution >= 4 is 11.8 Å². The van der Waals surface area contributed by atoms with E-state index in [4.69, 9.17) is 4.74 Å². The highest BCUT2D eigenvalue weighted by Crippen LogP contribution is 2.31. The molecule has 0 saturated carbocycles. The van der Waals surface area contributed by atoms with Crippen molar-refractivity contribution in [2.24, 2.45) is 0 Å². The molecule has 1 atom stereocenters. The van der Waals surface area contributed by atoms with E-state index < -0.39 is 12.7 Å². The molecule has 24 heavy (non-hydrogen) atoms. The third kappa shape index (κ3) is 3.74. The number of benzene rings is 1. The zero-order valence-electron chi connectivity index (χ0n) is 13.8. The van der Waals surface area contributed by atoms with E-state index in [0.717, 1.165) is 6.42 Å². The van der Waals surface area contributed by atoms with Gasteiger partial charge in [-0.3, -0.25) is 9.59 Å². The van der Waals surface area contributed by atoms with Gasteiger partial charge in [-0.25, -0.2) is 0 Å². The minimum atomic E-state index is -2.99. The highest BCUT2D eigenvalue weighted by atomic mass is 19.3. The molecule has 0 radical (unpaired) electrons. The molecule has 0 bridgehead atoms. The zero-order valence-corrected chi connectivity index (χ0v) is 13.8. The van der Waals surface area contributed by atoms with Crippen molar-refractivity contribution < 1.29 is 27.8 Å². The van der Waals surface area contributed by atoms with Crippen LogP contribution in [0.3, 0.4) is 0 Å². The number of hydrogen-bond donors (Lipinski definition) is 0. The van der Waals surface area contributed by atoms with Crippen LogP contribution in [0.15, 0.2) is 18.2 Å². The Morgan fingerprint density at radius 2 is 2.00 bits per heavy atom. The largest absolute Gasteiger partial charge is 0.493 e. The molecule has 2 rings (SSSR count). The molecule has 2 amide bonds. The molecule has 1 heterocycles. The Hall–Kier alpha value is -2.38. The number of halogens is 2. The van der Waals surface area contributed by atoms with Crippen LogP contribution in [0, 0.1) is 0 Å². The van der Waals surface area contributed by atoms with Crippen LogP contribution >= 0.6 is 0 Å². The molecule has 1 fully saturated rings. The van der Waals surface area contributed by atoms with Crippen LogP contribution in [0.4, 0.5) is 8.78 Å².